The fraction of sp³-hybridized carbons (Fsp3) is 0.154. The molecule has 1 nitrogen and oxygen atoms in total. The molecule has 0 saturated heterocycles. The van der Waals surface area contributed by atoms with Gasteiger partial charge in [-0.15, -0.1) is 0 Å². The van der Waals surface area contributed by atoms with Crippen LogP contribution in [0.5, 0.6) is 0 Å². The zero-order chi connectivity index (χ0) is 36.5. The molecular formula is C52H45N. The SMILES string of the molecule is Cc1ccccc1N(c1ccc(/C=C/c2ccc3c(c2)C(C)(C)C2=C3C(C)(C)c3cc(-c4ccc5ccccc5c4)ccc32)cc1)c1ccccc1C. The summed E-state index contributed by atoms with van der Waals surface area (Å²) in [6.07, 6.45) is 4.51. The number of para-hydroxylation sites is 2. The van der Waals surface area contributed by atoms with Gasteiger partial charge in [-0.1, -0.05) is 155 Å². The lowest BCUT2D eigenvalue weighted by atomic mass is 9.75. The molecule has 7 aromatic carbocycles. The predicted octanol–water partition coefficient (Wildman–Crippen LogP) is 14.3. The molecule has 0 aromatic heterocycles. The Hall–Kier alpha value is -5.92. The molecule has 2 aliphatic carbocycles. The van der Waals surface area contributed by atoms with Gasteiger partial charge in [0.2, 0.25) is 0 Å². The van der Waals surface area contributed by atoms with Gasteiger partial charge in [0.15, 0.2) is 0 Å². The fourth-order valence-electron chi connectivity index (χ4n) is 9.03. The van der Waals surface area contributed by atoms with Crippen molar-refractivity contribution >= 4 is 51.1 Å². The minimum absolute atomic E-state index is 0.0936. The number of fused-ring (bicyclic) bond motifs is 5. The number of anilines is 3. The van der Waals surface area contributed by atoms with Crippen LogP contribution in [0.1, 0.15) is 72.2 Å². The summed E-state index contributed by atoms with van der Waals surface area (Å²) in [7, 11) is 0. The molecular weight excluding hydrogens is 639 g/mol. The second-order valence-corrected chi connectivity index (χ2v) is 16.0. The lowest BCUT2D eigenvalue weighted by molar-refractivity contribution is 0.694. The van der Waals surface area contributed by atoms with Crippen molar-refractivity contribution in [3.63, 3.8) is 0 Å². The van der Waals surface area contributed by atoms with E-state index in [9.17, 15) is 0 Å². The van der Waals surface area contributed by atoms with E-state index >= 15 is 0 Å². The van der Waals surface area contributed by atoms with Crippen molar-refractivity contribution in [3.05, 3.63) is 196 Å². The Bertz CT molecular complexity index is 2580. The molecule has 1 heteroatoms. The molecule has 7 aromatic rings. The van der Waals surface area contributed by atoms with E-state index < -0.39 is 0 Å². The Kier molecular flexibility index (Phi) is 7.68. The van der Waals surface area contributed by atoms with E-state index in [0.717, 1.165) is 5.69 Å². The number of allylic oxidation sites excluding steroid dienone is 2. The molecule has 0 bridgehead atoms. The van der Waals surface area contributed by atoms with Crippen molar-refractivity contribution in [2.24, 2.45) is 0 Å². The van der Waals surface area contributed by atoms with Gasteiger partial charge < -0.3 is 4.90 Å². The quantitative estimate of drug-likeness (QED) is 0.158. The van der Waals surface area contributed by atoms with Crippen molar-refractivity contribution < 1.29 is 0 Å². The number of hydrogen-bond donors (Lipinski definition) is 0. The number of nitrogens with zero attached hydrogens (tertiary/aromatic N) is 1. The smallest absolute Gasteiger partial charge is 0.0490 e. The summed E-state index contributed by atoms with van der Waals surface area (Å²) in [5.41, 5.74) is 19.4. The normalized spacial score (nSPS) is 15.1. The first kappa shape index (κ1) is 33.0. The number of hydrogen-bond acceptors (Lipinski definition) is 1. The van der Waals surface area contributed by atoms with E-state index in [1.54, 1.807) is 0 Å². The molecule has 0 saturated carbocycles. The largest absolute Gasteiger partial charge is 0.310 e. The standard InChI is InChI=1S/C52H45N/c1-34-13-7-11-17-47(34)53(48-18-12-8-14-35(48)2)42-27-21-36(22-28-42)19-20-37-23-29-43-45(31-37)51(3,4)50-44-30-26-41(33-46(44)52(5,6)49(43)50)40-25-24-38-15-9-10-16-39(38)32-40/h7-33H,1-6H3/b20-19+. The molecule has 0 radical (unpaired) electrons. The Morgan fingerprint density at radius 1 is 0.434 bits per heavy atom. The van der Waals surface area contributed by atoms with E-state index in [-0.39, 0.29) is 10.8 Å². The van der Waals surface area contributed by atoms with Gasteiger partial charge in [-0.2, -0.15) is 0 Å². The molecule has 0 fully saturated rings. The van der Waals surface area contributed by atoms with E-state index in [0.29, 0.717) is 0 Å². The number of aryl methyl sites for hydroxylation is 2. The van der Waals surface area contributed by atoms with E-state index in [2.05, 4.69) is 210 Å². The summed E-state index contributed by atoms with van der Waals surface area (Å²) < 4.78 is 0. The molecule has 9 rings (SSSR count). The highest BCUT2D eigenvalue weighted by Crippen LogP contribution is 2.62. The Balaban J connectivity index is 1.00. The third-order valence-corrected chi connectivity index (χ3v) is 11.9. The van der Waals surface area contributed by atoms with Crippen LogP contribution in [-0.4, -0.2) is 0 Å². The van der Waals surface area contributed by atoms with Crippen LogP contribution in [0.3, 0.4) is 0 Å². The van der Waals surface area contributed by atoms with Crippen molar-refractivity contribution in [3.8, 4) is 11.1 Å². The number of rotatable bonds is 6. The molecule has 53 heavy (non-hydrogen) atoms. The van der Waals surface area contributed by atoms with Crippen LogP contribution < -0.4 is 4.90 Å². The van der Waals surface area contributed by atoms with Crippen molar-refractivity contribution in [1.29, 1.82) is 0 Å². The van der Waals surface area contributed by atoms with Gasteiger partial charge in [-0.25, -0.2) is 0 Å². The molecule has 0 amide bonds. The first-order chi connectivity index (χ1) is 25.6. The maximum Gasteiger partial charge on any atom is 0.0490 e. The van der Waals surface area contributed by atoms with E-state index in [1.807, 2.05) is 0 Å². The van der Waals surface area contributed by atoms with Gasteiger partial charge in [0.25, 0.3) is 0 Å². The summed E-state index contributed by atoms with van der Waals surface area (Å²) in [6, 6.07) is 55.9. The van der Waals surface area contributed by atoms with Gasteiger partial charge in [-0.3, -0.25) is 0 Å². The first-order valence-corrected chi connectivity index (χ1v) is 18.8. The maximum atomic E-state index is 2.46. The molecule has 0 unspecified atom stereocenters. The average molecular weight is 684 g/mol. The zero-order valence-corrected chi connectivity index (χ0v) is 31.5. The van der Waals surface area contributed by atoms with Crippen LogP contribution in [0.25, 0.3) is 45.2 Å². The third-order valence-electron chi connectivity index (χ3n) is 11.9. The first-order valence-electron chi connectivity index (χ1n) is 18.8. The molecule has 0 atom stereocenters. The topological polar surface area (TPSA) is 3.24 Å². The van der Waals surface area contributed by atoms with Crippen LogP contribution >= 0.6 is 0 Å². The minimum atomic E-state index is -0.0995. The van der Waals surface area contributed by atoms with Crippen molar-refractivity contribution in [2.45, 2.75) is 52.4 Å². The van der Waals surface area contributed by atoms with Crippen LogP contribution in [0.15, 0.2) is 152 Å². The molecule has 258 valence electrons. The van der Waals surface area contributed by atoms with Crippen LogP contribution in [0, 0.1) is 13.8 Å². The summed E-state index contributed by atoms with van der Waals surface area (Å²) in [4.78, 5) is 2.37. The lowest BCUT2D eigenvalue weighted by Crippen LogP contribution is -2.19. The average Bonchev–Trinajstić information content (AvgIpc) is 3.56. The van der Waals surface area contributed by atoms with Crippen LogP contribution in [0.4, 0.5) is 17.1 Å². The van der Waals surface area contributed by atoms with Crippen LogP contribution in [-0.2, 0) is 10.8 Å². The Morgan fingerprint density at radius 2 is 0.925 bits per heavy atom. The maximum absolute atomic E-state index is 2.46. The molecule has 0 N–H and O–H groups in total. The van der Waals surface area contributed by atoms with Crippen molar-refractivity contribution in [1.82, 2.24) is 0 Å². The fourth-order valence-corrected chi connectivity index (χ4v) is 9.03. The lowest BCUT2D eigenvalue weighted by Gasteiger charge is -2.28. The van der Waals surface area contributed by atoms with Gasteiger partial charge in [-0.05, 0) is 128 Å². The van der Waals surface area contributed by atoms with Crippen molar-refractivity contribution in [2.75, 3.05) is 4.90 Å². The second-order valence-electron chi connectivity index (χ2n) is 16.0. The van der Waals surface area contributed by atoms with Gasteiger partial charge in [0, 0.05) is 27.9 Å². The summed E-state index contributed by atoms with van der Waals surface area (Å²) >= 11 is 0. The van der Waals surface area contributed by atoms with E-state index in [4.69, 9.17) is 0 Å². The Morgan fingerprint density at radius 3 is 1.57 bits per heavy atom. The highest BCUT2D eigenvalue weighted by atomic mass is 15.1. The predicted molar refractivity (Wildman–Crippen MR) is 228 cm³/mol. The van der Waals surface area contributed by atoms with Gasteiger partial charge >= 0.3 is 0 Å². The van der Waals surface area contributed by atoms with Gasteiger partial charge in [0.1, 0.15) is 0 Å². The van der Waals surface area contributed by atoms with Crippen LogP contribution in [0.2, 0.25) is 0 Å². The summed E-state index contributed by atoms with van der Waals surface area (Å²) in [5.74, 6) is 0. The monoisotopic (exact) mass is 683 g/mol. The Labute approximate surface area is 314 Å². The second kappa shape index (κ2) is 12.3. The van der Waals surface area contributed by atoms with E-state index in [1.165, 1.54) is 88.9 Å². The summed E-state index contributed by atoms with van der Waals surface area (Å²) in [5, 5.41) is 2.56. The highest BCUT2D eigenvalue weighted by molar-refractivity contribution is 6.10. The van der Waals surface area contributed by atoms with Gasteiger partial charge in [0.05, 0.1) is 0 Å². The molecule has 0 spiro atoms. The minimum Gasteiger partial charge on any atom is -0.310 e. The third kappa shape index (κ3) is 5.37. The number of benzene rings is 7. The summed E-state index contributed by atoms with van der Waals surface area (Å²) in [6.45, 7) is 14.0. The molecule has 2 aliphatic rings. The zero-order valence-electron chi connectivity index (χ0n) is 31.5. The molecule has 0 aliphatic heterocycles. The molecule has 0 heterocycles. The highest BCUT2D eigenvalue weighted by Gasteiger charge is 2.49.